The number of nitrogens with zero attached hydrogens (tertiary/aromatic N) is 2. The number of methoxy groups -OCH3 is 2. The van der Waals surface area contributed by atoms with E-state index in [0.29, 0.717) is 6.54 Å². The predicted octanol–water partition coefficient (Wildman–Crippen LogP) is 0.589. The molecule has 0 saturated carbocycles. The molecule has 1 aromatic carbocycles. The molecule has 0 saturated heterocycles. The van der Waals surface area contributed by atoms with Crippen LogP contribution in [0.1, 0.15) is 12.7 Å². The second kappa shape index (κ2) is 5.92. The molecule has 0 amide bonds. The van der Waals surface area contributed by atoms with Gasteiger partial charge < -0.3 is 15.2 Å². The van der Waals surface area contributed by atoms with Crippen molar-refractivity contribution in [3.63, 3.8) is 0 Å². The fourth-order valence-corrected chi connectivity index (χ4v) is 2.44. The summed E-state index contributed by atoms with van der Waals surface area (Å²) in [6, 6.07) is 5.75. The number of ether oxygens (including phenoxy) is 2. The van der Waals surface area contributed by atoms with Gasteiger partial charge in [0.2, 0.25) is 0 Å². The summed E-state index contributed by atoms with van der Waals surface area (Å²) in [5.41, 5.74) is 7.79. The number of carbonyl (C=O) groups is 1. The van der Waals surface area contributed by atoms with E-state index in [1.165, 1.54) is 7.11 Å². The number of imidazole rings is 1. The van der Waals surface area contributed by atoms with Gasteiger partial charge in [-0.05, 0) is 19.1 Å². The zero-order chi connectivity index (χ0) is 14.7. The molecule has 0 spiro atoms. The number of aryl methyl sites for hydroxylation is 1. The predicted molar refractivity (Wildman–Crippen MR) is 74.3 cm³/mol. The molecule has 0 aliphatic rings. The van der Waals surface area contributed by atoms with E-state index < -0.39 is 0 Å². The van der Waals surface area contributed by atoms with E-state index in [2.05, 4.69) is 4.57 Å². The highest BCUT2D eigenvalue weighted by Crippen LogP contribution is 2.21. The molecule has 2 rings (SSSR count). The molecule has 0 bridgehead atoms. The van der Waals surface area contributed by atoms with E-state index in [-0.39, 0.29) is 12.5 Å². The summed E-state index contributed by atoms with van der Waals surface area (Å²) in [6.07, 6.45) is 0. The van der Waals surface area contributed by atoms with Crippen molar-refractivity contribution in [2.24, 2.45) is 5.73 Å². The minimum Gasteiger partial charge on any atom is -0.497 e. The molecule has 2 N–H and O–H groups in total. The Morgan fingerprint density at radius 3 is 2.70 bits per heavy atom. The Kier molecular flexibility index (Phi) is 4.24. The van der Waals surface area contributed by atoms with Crippen LogP contribution in [0, 0.1) is 0 Å². The lowest BCUT2D eigenvalue weighted by Crippen LogP contribution is -2.43. The lowest BCUT2D eigenvalue weighted by Gasteiger charge is -2.01. The van der Waals surface area contributed by atoms with Crippen LogP contribution in [0.25, 0.3) is 11.0 Å². The first-order chi connectivity index (χ1) is 9.65. The Labute approximate surface area is 117 Å². The van der Waals surface area contributed by atoms with Gasteiger partial charge in [-0.3, -0.25) is 0 Å². The summed E-state index contributed by atoms with van der Waals surface area (Å²) in [5.74, 6) is 1.37. The van der Waals surface area contributed by atoms with Gasteiger partial charge in [0.25, 0.3) is 5.82 Å². The van der Waals surface area contributed by atoms with Gasteiger partial charge in [-0.1, -0.05) is 0 Å². The number of rotatable bonds is 5. The van der Waals surface area contributed by atoms with Crippen molar-refractivity contribution in [1.29, 1.82) is 0 Å². The normalized spacial score (nSPS) is 10.8. The van der Waals surface area contributed by atoms with Crippen molar-refractivity contribution in [2.45, 2.75) is 26.6 Å². The summed E-state index contributed by atoms with van der Waals surface area (Å²) in [6.45, 7) is 3.31. The monoisotopic (exact) mass is 278 g/mol. The van der Waals surface area contributed by atoms with Crippen molar-refractivity contribution < 1.29 is 18.8 Å². The zero-order valence-corrected chi connectivity index (χ0v) is 12.0. The van der Waals surface area contributed by atoms with Gasteiger partial charge in [0.05, 0.1) is 27.3 Å². The van der Waals surface area contributed by atoms with Gasteiger partial charge in [0.1, 0.15) is 5.75 Å². The summed E-state index contributed by atoms with van der Waals surface area (Å²) in [5, 5.41) is 0. The average Bonchev–Trinajstić information content (AvgIpc) is 2.78. The lowest BCUT2D eigenvalue weighted by molar-refractivity contribution is -0.668. The largest absolute Gasteiger partial charge is 0.497 e. The molecule has 6 heteroatoms. The summed E-state index contributed by atoms with van der Waals surface area (Å²) in [4.78, 5) is 11.6. The lowest BCUT2D eigenvalue weighted by atomic mass is 10.3. The van der Waals surface area contributed by atoms with Crippen LogP contribution in [0.5, 0.6) is 5.75 Å². The van der Waals surface area contributed by atoms with Crippen molar-refractivity contribution >= 4 is 17.0 Å². The number of hydrogen-bond donors (Lipinski definition) is 1. The Morgan fingerprint density at radius 1 is 1.40 bits per heavy atom. The van der Waals surface area contributed by atoms with Crippen molar-refractivity contribution in [2.75, 3.05) is 14.2 Å². The number of aromatic nitrogens is 2. The highest BCUT2D eigenvalue weighted by molar-refractivity contribution is 5.75. The highest BCUT2D eigenvalue weighted by Gasteiger charge is 2.25. The summed E-state index contributed by atoms with van der Waals surface area (Å²) < 4.78 is 14.0. The minimum absolute atomic E-state index is 0.152. The highest BCUT2D eigenvalue weighted by atomic mass is 16.5. The van der Waals surface area contributed by atoms with Crippen LogP contribution in [0.4, 0.5) is 0 Å². The molecule has 6 nitrogen and oxygen atoms in total. The number of nitrogens with two attached hydrogens (primary N) is 1. The standard InChI is InChI=1S/C14H20N3O3/c1-4-16-12-7-10(19-2)5-6-11(12)17(13(16)8-15)9-14(18)20-3/h5-7H,4,8-9,15H2,1-3H3/q+1. The quantitative estimate of drug-likeness (QED) is 0.642. The van der Waals surface area contributed by atoms with Crippen LogP contribution in [-0.4, -0.2) is 24.8 Å². The van der Waals surface area contributed by atoms with E-state index in [1.54, 1.807) is 7.11 Å². The van der Waals surface area contributed by atoms with Gasteiger partial charge in [-0.15, -0.1) is 0 Å². The third kappa shape index (κ3) is 2.34. The van der Waals surface area contributed by atoms with E-state index in [0.717, 1.165) is 29.2 Å². The molecular weight excluding hydrogens is 258 g/mol. The molecule has 1 aromatic heterocycles. The van der Waals surface area contributed by atoms with Gasteiger partial charge in [-0.2, -0.15) is 0 Å². The average molecular weight is 278 g/mol. The summed E-state index contributed by atoms with van der Waals surface area (Å²) in [7, 11) is 3.01. The first-order valence-corrected chi connectivity index (χ1v) is 6.52. The SMILES string of the molecule is CCn1c(CN)[n+](CC(=O)OC)c2ccc(OC)cc21. The smallest absolute Gasteiger partial charge is 0.348 e. The second-order valence-corrected chi connectivity index (χ2v) is 4.38. The maximum absolute atomic E-state index is 11.6. The topological polar surface area (TPSA) is 70.4 Å². The van der Waals surface area contributed by atoms with Crippen LogP contribution in [-0.2, 0) is 29.2 Å². The van der Waals surface area contributed by atoms with Crippen LogP contribution in [0.3, 0.4) is 0 Å². The maximum Gasteiger partial charge on any atom is 0.348 e. The molecule has 20 heavy (non-hydrogen) atoms. The van der Waals surface area contributed by atoms with E-state index in [1.807, 2.05) is 29.7 Å². The van der Waals surface area contributed by atoms with Crippen LogP contribution in [0.15, 0.2) is 18.2 Å². The van der Waals surface area contributed by atoms with E-state index in [4.69, 9.17) is 15.2 Å². The fraction of sp³-hybridized carbons (Fsp3) is 0.429. The minimum atomic E-state index is -0.296. The number of fused-ring (bicyclic) bond motifs is 1. The van der Waals surface area contributed by atoms with Gasteiger partial charge in [0, 0.05) is 6.07 Å². The molecule has 0 aliphatic heterocycles. The molecule has 2 aromatic rings. The van der Waals surface area contributed by atoms with Crippen LogP contribution >= 0.6 is 0 Å². The molecule has 1 heterocycles. The third-order valence-electron chi connectivity index (χ3n) is 3.40. The van der Waals surface area contributed by atoms with Crippen molar-refractivity contribution in [1.82, 2.24) is 4.57 Å². The first kappa shape index (κ1) is 14.3. The summed E-state index contributed by atoms with van der Waals surface area (Å²) >= 11 is 0. The Bertz CT molecular complexity index is 634. The van der Waals surface area contributed by atoms with Gasteiger partial charge in [-0.25, -0.2) is 13.9 Å². The molecule has 0 unspecified atom stereocenters. The number of esters is 1. The van der Waals surface area contributed by atoms with Crippen molar-refractivity contribution in [3.8, 4) is 5.75 Å². The number of benzene rings is 1. The first-order valence-electron chi connectivity index (χ1n) is 6.52. The van der Waals surface area contributed by atoms with E-state index in [9.17, 15) is 4.79 Å². The van der Waals surface area contributed by atoms with Crippen molar-refractivity contribution in [3.05, 3.63) is 24.0 Å². The molecule has 0 atom stereocenters. The van der Waals surface area contributed by atoms with E-state index >= 15 is 0 Å². The van der Waals surface area contributed by atoms with Crippen LogP contribution in [0.2, 0.25) is 0 Å². The Hall–Kier alpha value is -2.08. The molecular formula is C14H20N3O3+. The molecule has 0 radical (unpaired) electrons. The third-order valence-corrected chi connectivity index (χ3v) is 3.40. The molecule has 0 aliphatic carbocycles. The fourth-order valence-electron chi connectivity index (χ4n) is 2.44. The van der Waals surface area contributed by atoms with Crippen LogP contribution < -0.4 is 15.0 Å². The molecule has 108 valence electrons. The number of hydrogen-bond acceptors (Lipinski definition) is 4. The Balaban J connectivity index is 2.68. The second-order valence-electron chi connectivity index (χ2n) is 4.38. The zero-order valence-electron chi connectivity index (χ0n) is 12.0. The van der Waals surface area contributed by atoms with Gasteiger partial charge in [0.15, 0.2) is 17.6 Å². The maximum atomic E-state index is 11.6. The molecule has 0 fully saturated rings. The van der Waals surface area contributed by atoms with Gasteiger partial charge >= 0.3 is 5.97 Å². The Morgan fingerprint density at radius 2 is 2.15 bits per heavy atom. The number of carbonyl (C=O) groups excluding carboxylic acids is 1.